The van der Waals surface area contributed by atoms with Gasteiger partial charge in [-0.25, -0.2) is 0 Å². The summed E-state index contributed by atoms with van der Waals surface area (Å²) in [6.45, 7) is 7.80. The van der Waals surface area contributed by atoms with E-state index < -0.39 is 7.14 Å². The van der Waals surface area contributed by atoms with Crippen LogP contribution in [0.15, 0.2) is 24.7 Å². The van der Waals surface area contributed by atoms with Gasteiger partial charge in [-0.15, -0.1) is 0 Å². The normalized spacial score (nSPS) is 12.3. The van der Waals surface area contributed by atoms with Crippen molar-refractivity contribution in [2.45, 2.75) is 19.8 Å². The second kappa shape index (κ2) is 4.23. The van der Waals surface area contributed by atoms with Gasteiger partial charge in [0.2, 0.25) is 0 Å². The monoisotopic (exact) mass is 248 g/mol. The first kappa shape index (κ1) is 12.3. The van der Waals surface area contributed by atoms with Crippen LogP contribution in [0.3, 0.4) is 0 Å². The molecular weight excluding hydrogens is 231 g/mol. The molecule has 0 bridgehead atoms. The molecule has 0 fully saturated rings. The third-order valence-electron chi connectivity index (χ3n) is 2.83. The lowest BCUT2D eigenvalue weighted by molar-refractivity contribution is 0.588. The van der Waals surface area contributed by atoms with Crippen LogP contribution in [0.25, 0.3) is 10.9 Å². The van der Waals surface area contributed by atoms with Crippen molar-refractivity contribution >= 4 is 23.3 Å². The fraction of sp³-hybridized carbons (Fsp3) is 0.385. The van der Waals surface area contributed by atoms with E-state index in [0.717, 1.165) is 21.8 Å². The standard InChI is InChI=1S/C13H17N2OP/c1-9(2)10-8-15-12-5-6-14-7-11(12)13(10)17(3,4)16/h5-9H,1-4H3. The Morgan fingerprint density at radius 2 is 1.94 bits per heavy atom. The van der Waals surface area contributed by atoms with Gasteiger partial charge in [-0.2, -0.15) is 0 Å². The van der Waals surface area contributed by atoms with Gasteiger partial charge in [0.15, 0.2) is 0 Å². The van der Waals surface area contributed by atoms with Crippen LogP contribution in [0, 0.1) is 0 Å². The molecular formula is C13H17N2OP. The van der Waals surface area contributed by atoms with Crippen LogP contribution in [0.4, 0.5) is 0 Å². The van der Waals surface area contributed by atoms with Gasteiger partial charge in [-0.05, 0) is 30.9 Å². The molecule has 0 saturated carbocycles. The van der Waals surface area contributed by atoms with E-state index in [1.165, 1.54) is 0 Å². The minimum Gasteiger partial charge on any atom is -0.319 e. The van der Waals surface area contributed by atoms with E-state index in [2.05, 4.69) is 23.8 Å². The molecule has 0 aromatic carbocycles. The molecule has 0 unspecified atom stereocenters. The molecule has 2 aromatic rings. The van der Waals surface area contributed by atoms with Gasteiger partial charge >= 0.3 is 0 Å². The van der Waals surface area contributed by atoms with Crippen molar-refractivity contribution in [3.8, 4) is 0 Å². The molecule has 0 saturated heterocycles. The molecule has 3 nitrogen and oxygen atoms in total. The van der Waals surface area contributed by atoms with Crippen molar-refractivity contribution < 1.29 is 4.57 Å². The molecule has 0 aliphatic heterocycles. The highest BCUT2D eigenvalue weighted by Crippen LogP contribution is 2.40. The van der Waals surface area contributed by atoms with Crippen molar-refractivity contribution in [3.63, 3.8) is 0 Å². The Morgan fingerprint density at radius 1 is 1.24 bits per heavy atom. The lowest BCUT2D eigenvalue weighted by Crippen LogP contribution is -2.14. The van der Waals surface area contributed by atoms with Crippen molar-refractivity contribution in [1.29, 1.82) is 0 Å². The van der Waals surface area contributed by atoms with E-state index in [1.54, 1.807) is 25.7 Å². The number of aromatic nitrogens is 2. The van der Waals surface area contributed by atoms with E-state index in [1.807, 2.05) is 12.3 Å². The van der Waals surface area contributed by atoms with E-state index in [4.69, 9.17) is 0 Å². The third-order valence-corrected chi connectivity index (χ3v) is 4.41. The van der Waals surface area contributed by atoms with Crippen LogP contribution in [0.1, 0.15) is 25.3 Å². The van der Waals surface area contributed by atoms with E-state index in [9.17, 15) is 4.57 Å². The fourth-order valence-electron chi connectivity index (χ4n) is 2.06. The first-order chi connectivity index (χ1) is 7.91. The summed E-state index contributed by atoms with van der Waals surface area (Å²) < 4.78 is 12.5. The van der Waals surface area contributed by atoms with Gasteiger partial charge in [-0.1, -0.05) is 13.8 Å². The van der Waals surface area contributed by atoms with Gasteiger partial charge in [0.25, 0.3) is 0 Å². The molecule has 0 radical (unpaired) electrons. The lowest BCUT2D eigenvalue weighted by atomic mass is 10.0. The quantitative estimate of drug-likeness (QED) is 0.767. The molecule has 90 valence electrons. The molecule has 0 aliphatic rings. The summed E-state index contributed by atoms with van der Waals surface area (Å²) in [6, 6.07) is 1.86. The zero-order chi connectivity index (χ0) is 12.6. The predicted molar refractivity (Wildman–Crippen MR) is 72.7 cm³/mol. The molecule has 0 spiro atoms. The lowest BCUT2D eigenvalue weighted by Gasteiger charge is -2.17. The number of hydrogen-bond donors (Lipinski definition) is 0. The van der Waals surface area contributed by atoms with Gasteiger partial charge in [-0.3, -0.25) is 9.97 Å². The predicted octanol–water partition coefficient (Wildman–Crippen LogP) is 3.00. The number of fused-ring (bicyclic) bond motifs is 1. The third kappa shape index (κ3) is 2.25. The number of rotatable bonds is 2. The van der Waals surface area contributed by atoms with E-state index in [0.29, 0.717) is 5.92 Å². The molecule has 2 heterocycles. The molecule has 2 aromatic heterocycles. The maximum Gasteiger partial charge on any atom is 0.110 e. The minimum absolute atomic E-state index is 0.315. The fourth-order valence-corrected chi connectivity index (χ4v) is 3.75. The summed E-state index contributed by atoms with van der Waals surface area (Å²) in [7, 11) is -2.34. The first-order valence-electron chi connectivity index (χ1n) is 5.69. The minimum atomic E-state index is -2.34. The molecule has 0 aliphatic carbocycles. The SMILES string of the molecule is CC(C)c1cnc2ccncc2c1P(C)(C)=O. The maximum absolute atomic E-state index is 12.5. The van der Waals surface area contributed by atoms with Gasteiger partial charge in [0, 0.05) is 29.3 Å². The average molecular weight is 248 g/mol. The zero-order valence-corrected chi connectivity index (χ0v) is 11.5. The van der Waals surface area contributed by atoms with Gasteiger partial charge in [0.1, 0.15) is 7.14 Å². The topological polar surface area (TPSA) is 42.9 Å². The second-order valence-electron chi connectivity index (χ2n) is 4.96. The molecule has 17 heavy (non-hydrogen) atoms. The van der Waals surface area contributed by atoms with Crippen molar-refractivity contribution in [2.24, 2.45) is 0 Å². The largest absolute Gasteiger partial charge is 0.319 e. The summed E-state index contributed by atoms with van der Waals surface area (Å²) in [5, 5.41) is 1.86. The van der Waals surface area contributed by atoms with Crippen LogP contribution >= 0.6 is 7.14 Å². The van der Waals surface area contributed by atoms with Crippen molar-refractivity contribution in [3.05, 3.63) is 30.2 Å². The van der Waals surface area contributed by atoms with Crippen LogP contribution in [-0.4, -0.2) is 23.3 Å². The Balaban J connectivity index is 2.90. The van der Waals surface area contributed by atoms with Crippen molar-refractivity contribution in [2.75, 3.05) is 13.3 Å². The maximum atomic E-state index is 12.5. The Morgan fingerprint density at radius 3 is 2.53 bits per heavy atom. The smallest absolute Gasteiger partial charge is 0.110 e. The molecule has 2 rings (SSSR count). The van der Waals surface area contributed by atoms with E-state index >= 15 is 0 Å². The summed E-state index contributed by atoms with van der Waals surface area (Å²) in [5.41, 5.74) is 1.93. The van der Waals surface area contributed by atoms with Crippen LogP contribution < -0.4 is 5.30 Å². The molecule has 0 atom stereocenters. The van der Waals surface area contributed by atoms with Crippen LogP contribution in [0.2, 0.25) is 0 Å². The highest BCUT2D eigenvalue weighted by atomic mass is 31.2. The zero-order valence-electron chi connectivity index (χ0n) is 10.6. The highest BCUT2D eigenvalue weighted by Gasteiger charge is 2.21. The average Bonchev–Trinajstić information content (AvgIpc) is 2.26. The van der Waals surface area contributed by atoms with Gasteiger partial charge in [0.05, 0.1) is 5.52 Å². The number of hydrogen-bond acceptors (Lipinski definition) is 3. The first-order valence-corrected chi connectivity index (χ1v) is 8.29. The Hall–Kier alpha value is -1.21. The number of pyridine rings is 2. The van der Waals surface area contributed by atoms with Gasteiger partial charge < -0.3 is 4.57 Å². The van der Waals surface area contributed by atoms with Crippen molar-refractivity contribution in [1.82, 2.24) is 9.97 Å². The molecule has 4 heteroatoms. The van der Waals surface area contributed by atoms with Crippen LogP contribution in [0.5, 0.6) is 0 Å². The Labute approximate surface area is 102 Å². The highest BCUT2D eigenvalue weighted by molar-refractivity contribution is 7.70. The second-order valence-corrected chi connectivity index (χ2v) is 8.11. The Bertz CT molecular complexity index is 601. The molecule has 0 N–H and O–H groups in total. The Kier molecular flexibility index (Phi) is 3.05. The summed E-state index contributed by atoms with van der Waals surface area (Å²) in [6.07, 6.45) is 5.33. The van der Waals surface area contributed by atoms with E-state index in [-0.39, 0.29) is 0 Å². The summed E-state index contributed by atoms with van der Waals surface area (Å²) in [4.78, 5) is 8.54. The molecule has 0 amide bonds. The van der Waals surface area contributed by atoms with Crippen LogP contribution in [-0.2, 0) is 4.57 Å². The number of nitrogens with zero attached hydrogens (tertiary/aromatic N) is 2. The summed E-state index contributed by atoms with van der Waals surface area (Å²) >= 11 is 0. The summed E-state index contributed by atoms with van der Waals surface area (Å²) in [5.74, 6) is 0.315.